The van der Waals surface area contributed by atoms with Crippen molar-refractivity contribution < 1.29 is 4.79 Å². The zero-order valence-electron chi connectivity index (χ0n) is 14.7. The molecule has 3 rings (SSSR count). The fraction of sp³-hybridized carbons (Fsp3) is 0.409. The first kappa shape index (κ1) is 16.8. The maximum atomic E-state index is 13.3. The molecule has 2 heteroatoms. The Labute approximate surface area is 145 Å². The van der Waals surface area contributed by atoms with Crippen molar-refractivity contribution in [2.45, 2.75) is 57.4 Å². The molecule has 1 atom stereocenters. The van der Waals surface area contributed by atoms with E-state index in [-0.39, 0.29) is 17.4 Å². The van der Waals surface area contributed by atoms with Gasteiger partial charge in [0, 0.05) is 0 Å². The Morgan fingerprint density at radius 1 is 1.04 bits per heavy atom. The Morgan fingerprint density at radius 3 is 2.29 bits per heavy atom. The lowest BCUT2D eigenvalue weighted by Crippen LogP contribution is -2.44. The molecule has 0 saturated heterocycles. The fourth-order valence-electron chi connectivity index (χ4n) is 4.06. The first-order valence-corrected chi connectivity index (χ1v) is 9.09. The standard InChI is InChI=1S/C22H27NO/c1-3-20(19-14-8-7-11-17(19)2)23-21(24)22(15-9-10-16-22)18-12-5-4-6-13-18/h4-8,11-14,20H,3,9-10,15-16H2,1-2H3,(H,23,24)/t20-/m1/s1. The van der Waals surface area contributed by atoms with Crippen LogP contribution in [-0.4, -0.2) is 5.91 Å². The first-order valence-electron chi connectivity index (χ1n) is 9.09. The van der Waals surface area contributed by atoms with Gasteiger partial charge in [0.05, 0.1) is 11.5 Å². The van der Waals surface area contributed by atoms with Crippen LogP contribution in [0.1, 0.15) is 61.8 Å². The SMILES string of the molecule is CC[C@@H](NC(=O)C1(c2ccccc2)CCCC1)c1ccccc1C. The van der Waals surface area contributed by atoms with Crippen LogP contribution in [0.2, 0.25) is 0 Å². The molecule has 0 unspecified atom stereocenters. The summed E-state index contributed by atoms with van der Waals surface area (Å²) in [4.78, 5) is 13.3. The Morgan fingerprint density at radius 2 is 1.67 bits per heavy atom. The molecule has 0 radical (unpaired) electrons. The highest BCUT2D eigenvalue weighted by Gasteiger charge is 2.43. The van der Waals surface area contributed by atoms with Gasteiger partial charge in [-0.1, -0.05) is 74.4 Å². The van der Waals surface area contributed by atoms with Crippen LogP contribution in [-0.2, 0) is 10.2 Å². The lowest BCUT2D eigenvalue weighted by Gasteiger charge is -2.31. The van der Waals surface area contributed by atoms with Crippen molar-refractivity contribution in [3.63, 3.8) is 0 Å². The molecule has 1 N–H and O–H groups in total. The maximum Gasteiger partial charge on any atom is 0.231 e. The summed E-state index contributed by atoms with van der Waals surface area (Å²) >= 11 is 0. The number of benzene rings is 2. The van der Waals surface area contributed by atoms with Gasteiger partial charge in [-0.15, -0.1) is 0 Å². The maximum absolute atomic E-state index is 13.3. The largest absolute Gasteiger partial charge is 0.349 e. The molecule has 2 aromatic carbocycles. The molecule has 126 valence electrons. The summed E-state index contributed by atoms with van der Waals surface area (Å²) in [5, 5.41) is 3.37. The van der Waals surface area contributed by atoms with Gasteiger partial charge < -0.3 is 5.32 Å². The minimum atomic E-state index is -0.350. The highest BCUT2D eigenvalue weighted by Crippen LogP contribution is 2.42. The van der Waals surface area contributed by atoms with Gasteiger partial charge in [-0.2, -0.15) is 0 Å². The summed E-state index contributed by atoms with van der Waals surface area (Å²) in [6.07, 6.45) is 5.06. The van der Waals surface area contributed by atoms with E-state index in [1.165, 1.54) is 16.7 Å². The Hall–Kier alpha value is -2.09. The average Bonchev–Trinajstić information content (AvgIpc) is 3.12. The van der Waals surface area contributed by atoms with Crippen molar-refractivity contribution in [1.29, 1.82) is 0 Å². The molecule has 0 aliphatic heterocycles. The summed E-state index contributed by atoms with van der Waals surface area (Å²) in [6, 6.07) is 18.8. The number of hydrogen-bond donors (Lipinski definition) is 1. The molecule has 1 saturated carbocycles. The molecule has 1 aliphatic carbocycles. The van der Waals surface area contributed by atoms with Crippen LogP contribution >= 0.6 is 0 Å². The number of carbonyl (C=O) groups excluding carboxylic acids is 1. The predicted molar refractivity (Wildman–Crippen MR) is 98.9 cm³/mol. The van der Waals surface area contributed by atoms with E-state index in [1.807, 2.05) is 18.2 Å². The molecule has 1 fully saturated rings. The lowest BCUT2D eigenvalue weighted by molar-refractivity contribution is -0.127. The number of rotatable bonds is 5. The molecular formula is C22H27NO. The van der Waals surface area contributed by atoms with Crippen LogP contribution in [0.4, 0.5) is 0 Å². The molecule has 0 bridgehead atoms. The molecule has 2 nitrogen and oxygen atoms in total. The van der Waals surface area contributed by atoms with Crippen molar-refractivity contribution in [1.82, 2.24) is 5.32 Å². The van der Waals surface area contributed by atoms with Gasteiger partial charge in [0.25, 0.3) is 0 Å². The van der Waals surface area contributed by atoms with E-state index in [0.29, 0.717) is 0 Å². The van der Waals surface area contributed by atoms with E-state index >= 15 is 0 Å². The van der Waals surface area contributed by atoms with E-state index in [1.54, 1.807) is 0 Å². The second kappa shape index (κ2) is 7.21. The second-order valence-electron chi connectivity index (χ2n) is 6.95. The molecule has 24 heavy (non-hydrogen) atoms. The lowest BCUT2D eigenvalue weighted by atomic mass is 9.77. The van der Waals surface area contributed by atoms with E-state index in [9.17, 15) is 4.79 Å². The van der Waals surface area contributed by atoms with Crippen molar-refractivity contribution in [3.8, 4) is 0 Å². The monoisotopic (exact) mass is 321 g/mol. The van der Waals surface area contributed by atoms with Crippen LogP contribution in [0.25, 0.3) is 0 Å². The topological polar surface area (TPSA) is 29.1 Å². The molecule has 1 aliphatic rings. The number of aryl methyl sites for hydroxylation is 1. The number of amides is 1. The number of carbonyl (C=O) groups is 1. The Kier molecular flexibility index (Phi) is 5.03. The van der Waals surface area contributed by atoms with Crippen LogP contribution in [0.3, 0.4) is 0 Å². The van der Waals surface area contributed by atoms with Crippen molar-refractivity contribution in [2.75, 3.05) is 0 Å². The van der Waals surface area contributed by atoms with Gasteiger partial charge in [-0.3, -0.25) is 4.79 Å². The number of nitrogens with one attached hydrogen (secondary N) is 1. The minimum absolute atomic E-state index is 0.0832. The molecule has 2 aromatic rings. The van der Waals surface area contributed by atoms with Crippen molar-refractivity contribution in [3.05, 3.63) is 71.3 Å². The molecule has 0 spiro atoms. The summed E-state index contributed by atoms with van der Waals surface area (Å²) in [5.74, 6) is 0.196. The molecule has 0 aromatic heterocycles. The molecule has 0 heterocycles. The third-order valence-electron chi connectivity index (χ3n) is 5.50. The van der Waals surface area contributed by atoms with Crippen LogP contribution in [0.5, 0.6) is 0 Å². The second-order valence-corrected chi connectivity index (χ2v) is 6.95. The fourth-order valence-corrected chi connectivity index (χ4v) is 4.06. The van der Waals surface area contributed by atoms with Gasteiger partial charge in [0.1, 0.15) is 0 Å². The average molecular weight is 321 g/mol. The highest BCUT2D eigenvalue weighted by molar-refractivity contribution is 5.89. The highest BCUT2D eigenvalue weighted by atomic mass is 16.2. The predicted octanol–water partition coefficient (Wildman–Crippen LogP) is 5.07. The minimum Gasteiger partial charge on any atom is -0.349 e. The summed E-state index contributed by atoms with van der Waals surface area (Å²) < 4.78 is 0. The molecular weight excluding hydrogens is 294 g/mol. The van der Waals surface area contributed by atoms with Gasteiger partial charge in [-0.05, 0) is 42.9 Å². The molecule has 1 amide bonds. The smallest absolute Gasteiger partial charge is 0.231 e. The van der Waals surface area contributed by atoms with Gasteiger partial charge >= 0.3 is 0 Å². The van der Waals surface area contributed by atoms with Crippen molar-refractivity contribution in [2.24, 2.45) is 0 Å². The normalized spacial score (nSPS) is 17.4. The van der Waals surface area contributed by atoms with Crippen LogP contribution in [0.15, 0.2) is 54.6 Å². The zero-order chi connectivity index (χ0) is 17.0. The van der Waals surface area contributed by atoms with Gasteiger partial charge in [-0.25, -0.2) is 0 Å². The Bertz CT molecular complexity index is 686. The van der Waals surface area contributed by atoms with Gasteiger partial charge in [0.2, 0.25) is 5.91 Å². The third-order valence-corrected chi connectivity index (χ3v) is 5.50. The first-order chi connectivity index (χ1) is 11.7. The summed E-state index contributed by atoms with van der Waals surface area (Å²) in [6.45, 7) is 4.26. The summed E-state index contributed by atoms with van der Waals surface area (Å²) in [5.41, 5.74) is 3.29. The van der Waals surface area contributed by atoms with Gasteiger partial charge in [0.15, 0.2) is 0 Å². The zero-order valence-corrected chi connectivity index (χ0v) is 14.7. The van der Waals surface area contributed by atoms with E-state index in [4.69, 9.17) is 0 Å². The summed E-state index contributed by atoms with van der Waals surface area (Å²) in [7, 11) is 0. The Balaban J connectivity index is 1.88. The quantitative estimate of drug-likeness (QED) is 0.818. The van der Waals surface area contributed by atoms with Crippen LogP contribution < -0.4 is 5.32 Å². The third kappa shape index (κ3) is 3.10. The van der Waals surface area contributed by atoms with E-state index in [2.05, 4.69) is 55.6 Å². The van der Waals surface area contributed by atoms with E-state index < -0.39 is 0 Å². The van der Waals surface area contributed by atoms with Crippen LogP contribution in [0, 0.1) is 6.92 Å². The number of hydrogen-bond acceptors (Lipinski definition) is 1. The van der Waals surface area contributed by atoms with E-state index in [0.717, 1.165) is 32.1 Å². The van der Waals surface area contributed by atoms with Crippen molar-refractivity contribution >= 4 is 5.91 Å².